The van der Waals surface area contributed by atoms with Gasteiger partial charge in [-0.1, -0.05) is 6.92 Å². The Morgan fingerprint density at radius 1 is 1.44 bits per heavy atom. The number of aliphatic hydroxyl groups is 1. The van der Waals surface area contributed by atoms with Gasteiger partial charge in [-0.25, -0.2) is 0 Å². The van der Waals surface area contributed by atoms with Crippen LogP contribution in [-0.4, -0.2) is 38.0 Å². The van der Waals surface area contributed by atoms with Gasteiger partial charge < -0.3 is 15.2 Å². The van der Waals surface area contributed by atoms with Gasteiger partial charge >= 0.3 is 0 Å². The van der Waals surface area contributed by atoms with Crippen molar-refractivity contribution in [2.45, 2.75) is 6.92 Å². The van der Waals surface area contributed by atoms with E-state index in [0.29, 0.717) is 13.2 Å². The van der Waals surface area contributed by atoms with Gasteiger partial charge in [0.05, 0.1) is 19.8 Å². The minimum absolute atomic E-state index is 0.117. The van der Waals surface area contributed by atoms with Gasteiger partial charge in [0.25, 0.3) is 0 Å². The molecule has 0 aliphatic rings. The number of nitrogens with one attached hydrogen (secondary N) is 1. The quantitative estimate of drug-likeness (QED) is 0.485. The SMILES string of the molecule is CCNCCOCCO. The van der Waals surface area contributed by atoms with Crippen LogP contribution in [0, 0.1) is 0 Å². The van der Waals surface area contributed by atoms with Gasteiger partial charge in [0.15, 0.2) is 0 Å². The first kappa shape index (κ1) is 8.88. The standard InChI is InChI=1S/C6H15NO2/c1-2-7-3-5-9-6-4-8/h7-8H,2-6H2,1H3. The molecule has 0 aromatic carbocycles. The van der Waals surface area contributed by atoms with Crippen molar-refractivity contribution in [2.24, 2.45) is 0 Å². The molecule has 0 heterocycles. The van der Waals surface area contributed by atoms with Crippen LogP contribution in [0.25, 0.3) is 0 Å². The molecule has 0 spiro atoms. The molecule has 0 saturated heterocycles. The number of likely N-dealkylation sites (N-methyl/N-ethyl adjacent to an activating group) is 1. The van der Waals surface area contributed by atoms with Crippen LogP contribution < -0.4 is 5.32 Å². The molecule has 2 N–H and O–H groups in total. The van der Waals surface area contributed by atoms with Gasteiger partial charge in [-0.05, 0) is 6.54 Å². The molecule has 0 aromatic heterocycles. The largest absolute Gasteiger partial charge is 0.394 e. The summed E-state index contributed by atoms with van der Waals surface area (Å²) in [7, 11) is 0. The number of hydrogen-bond acceptors (Lipinski definition) is 3. The normalized spacial score (nSPS) is 10.0. The maximum absolute atomic E-state index is 8.28. The van der Waals surface area contributed by atoms with Gasteiger partial charge in [-0.15, -0.1) is 0 Å². The van der Waals surface area contributed by atoms with Crippen LogP contribution in [0.3, 0.4) is 0 Å². The fraction of sp³-hybridized carbons (Fsp3) is 1.00. The molecule has 56 valence electrons. The van der Waals surface area contributed by atoms with Crippen LogP contribution in [-0.2, 0) is 4.74 Å². The monoisotopic (exact) mass is 133 g/mol. The summed E-state index contributed by atoms with van der Waals surface area (Å²) in [5, 5.41) is 11.4. The highest BCUT2D eigenvalue weighted by molar-refractivity contribution is 4.39. The number of ether oxygens (including phenoxy) is 1. The van der Waals surface area contributed by atoms with Crippen LogP contribution in [0.5, 0.6) is 0 Å². The van der Waals surface area contributed by atoms with Crippen LogP contribution >= 0.6 is 0 Å². The fourth-order valence-electron chi connectivity index (χ4n) is 0.488. The van der Waals surface area contributed by atoms with E-state index in [9.17, 15) is 0 Å². The van der Waals surface area contributed by atoms with Crippen molar-refractivity contribution in [1.29, 1.82) is 0 Å². The van der Waals surface area contributed by atoms with E-state index in [4.69, 9.17) is 9.84 Å². The first-order chi connectivity index (χ1) is 4.41. The minimum atomic E-state index is 0.117. The molecule has 3 heteroatoms. The average Bonchev–Trinajstić information content (AvgIpc) is 1.89. The summed E-state index contributed by atoms with van der Waals surface area (Å²) in [6.07, 6.45) is 0. The Bertz CT molecular complexity index is 44.3. The molecular formula is C6H15NO2. The zero-order valence-corrected chi connectivity index (χ0v) is 5.89. The smallest absolute Gasteiger partial charge is 0.0698 e. The summed E-state index contributed by atoms with van der Waals surface area (Å²) in [4.78, 5) is 0. The van der Waals surface area contributed by atoms with Crippen LogP contribution in [0.2, 0.25) is 0 Å². The first-order valence-electron chi connectivity index (χ1n) is 3.31. The molecule has 0 rings (SSSR count). The van der Waals surface area contributed by atoms with Gasteiger partial charge in [0, 0.05) is 6.54 Å². The van der Waals surface area contributed by atoms with Crippen molar-refractivity contribution in [2.75, 3.05) is 32.9 Å². The first-order valence-corrected chi connectivity index (χ1v) is 3.31. The zero-order valence-electron chi connectivity index (χ0n) is 5.89. The second-order valence-corrected chi connectivity index (χ2v) is 1.69. The van der Waals surface area contributed by atoms with E-state index in [0.717, 1.165) is 13.1 Å². The third kappa shape index (κ3) is 7.88. The number of rotatable bonds is 6. The van der Waals surface area contributed by atoms with Gasteiger partial charge in [0.2, 0.25) is 0 Å². The molecule has 9 heavy (non-hydrogen) atoms. The summed E-state index contributed by atoms with van der Waals surface area (Å²) in [6.45, 7) is 5.15. The van der Waals surface area contributed by atoms with Crippen molar-refractivity contribution in [3.8, 4) is 0 Å². The lowest BCUT2D eigenvalue weighted by atomic mass is 10.6. The molecule has 0 saturated carbocycles. The molecule has 0 radical (unpaired) electrons. The Morgan fingerprint density at radius 3 is 2.78 bits per heavy atom. The predicted molar refractivity (Wildman–Crippen MR) is 36.4 cm³/mol. The highest BCUT2D eigenvalue weighted by Gasteiger charge is 1.83. The summed E-state index contributed by atoms with van der Waals surface area (Å²) in [6, 6.07) is 0. The van der Waals surface area contributed by atoms with E-state index in [1.807, 2.05) is 6.92 Å². The Balaban J connectivity index is 2.60. The molecule has 0 aliphatic heterocycles. The van der Waals surface area contributed by atoms with Crippen molar-refractivity contribution >= 4 is 0 Å². The van der Waals surface area contributed by atoms with Gasteiger partial charge in [-0.3, -0.25) is 0 Å². The Morgan fingerprint density at radius 2 is 2.22 bits per heavy atom. The van der Waals surface area contributed by atoms with E-state index in [1.54, 1.807) is 0 Å². The topological polar surface area (TPSA) is 41.5 Å². The Kier molecular flexibility index (Phi) is 7.77. The van der Waals surface area contributed by atoms with E-state index < -0.39 is 0 Å². The van der Waals surface area contributed by atoms with E-state index in [2.05, 4.69) is 5.32 Å². The summed E-state index contributed by atoms with van der Waals surface area (Å²) in [5.41, 5.74) is 0. The molecule has 0 aliphatic carbocycles. The lowest BCUT2D eigenvalue weighted by Crippen LogP contribution is -2.19. The molecule has 0 unspecified atom stereocenters. The van der Waals surface area contributed by atoms with Crippen LogP contribution in [0.15, 0.2) is 0 Å². The third-order valence-electron chi connectivity index (χ3n) is 0.909. The van der Waals surface area contributed by atoms with Crippen LogP contribution in [0.4, 0.5) is 0 Å². The fourth-order valence-corrected chi connectivity index (χ4v) is 0.488. The minimum Gasteiger partial charge on any atom is -0.394 e. The highest BCUT2D eigenvalue weighted by Crippen LogP contribution is 1.69. The second-order valence-electron chi connectivity index (χ2n) is 1.69. The Hall–Kier alpha value is -0.120. The van der Waals surface area contributed by atoms with Gasteiger partial charge in [0.1, 0.15) is 0 Å². The molecule has 0 aromatic rings. The third-order valence-corrected chi connectivity index (χ3v) is 0.909. The lowest BCUT2D eigenvalue weighted by Gasteiger charge is -2.00. The lowest BCUT2D eigenvalue weighted by molar-refractivity contribution is 0.0942. The van der Waals surface area contributed by atoms with Crippen molar-refractivity contribution in [1.82, 2.24) is 5.32 Å². The number of hydrogen-bond donors (Lipinski definition) is 2. The molecule has 3 nitrogen and oxygen atoms in total. The highest BCUT2D eigenvalue weighted by atomic mass is 16.5. The summed E-state index contributed by atoms with van der Waals surface area (Å²) in [5.74, 6) is 0. The molecule has 0 fully saturated rings. The maximum atomic E-state index is 8.28. The molecule has 0 bridgehead atoms. The summed E-state index contributed by atoms with van der Waals surface area (Å²) >= 11 is 0. The van der Waals surface area contributed by atoms with Crippen molar-refractivity contribution in [3.63, 3.8) is 0 Å². The molecule has 0 amide bonds. The maximum Gasteiger partial charge on any atom is 0.0698 e. The Labute approximate surface area is 56.0 Å². The van der Waals surface area contributed by atoms with Gasteiger partial charge in [-0.2, -0.15) is 0 Å². The van der Waals surface area contributed by atoms with E-state index >= 15 is 0 Å². The van der Waals surface area contributed by atoms with Crippen molar-refractivity contribution < 1.29 is 9.84 Å². The average molecular weight is 133 g/mol. The van der Waals surface area contributed by atoms with E-state index in [1.165, 1.54) is 0 Å². The van der Waals surface area contributed by atoms with E-state index in [-0.39, 0.29) is 6.61 Å². The molecular weight excluding hydrogens is 118 g/mol. The van der Waals surface area contributed by atoms with Crippen LogP contribution in [0.1, 0.15) is 6.92 Å². The second kappa shape index (κ2) is 7.88. The molecule has 0 atom stereocenters. The zero-order chi connectivity index (χ0) is 6.95. The predicted octanol–water partition coefficient (Wildman–Crippen LogP) is -0.395. The number of aliphatic hydroxyl groups excluding tert-OH is 1. The summed E-state index contributed by atoms with van der Waals surface area (Å²) < 4.78 is 4.97. The van der Waals surface area contributed by atoms with Crippen molar-refractivity contribution in [3.05, 3.63) is 0 Å².